The molecular weight excluding hydrogens is 394 g/mol. The molecule has 1 aliphatic heterocycles. The van der Waals surface area contributed by atoms with Crippen LogP contribution in [0.1, 0.15) is 21.6 Å². The largest absolute Gasteiger partial charge is 0.486 e. The molecular formula is C24H25N3O4. The van der Waals surface area contributed by atoms with Crippen molar-refractivity contribution in [2.24, 2.45) is 0 Å². The number of aliphatic hydroxyl groups is 1. The van der Waals surface area contributed by atoms with Gasteiger partial charge in [0, 0.05) is 25.0 Å². The van der Waals surface area contributed by atoms with Gasteiger partial charge in [-0.2, -0.15) is 0 Å². The van der Waals surface area contributed by atoms with Gasteiger partial charge in [-0.05, 0) is 53.4 Å². The molecule has 0 radical (unpaired) electrons. The van der Waals surface area contributed by atoms with Crippen LogP contribution in [0.4, 0.5) is 5.69 Å². The summed E-state index contributed by atoms with van der Waals surface area (Å²) in [6.07, 6.45) is 1.66. The molecule has 7 heteroatoms. The Labute approximate surface area is 181 Å². The Kier molecular flexibility index (Phi) is 6.45. The van der Waals surface area contributed by atoms with E-state index in [1.807, 2.05) is 49.4 Å². The smallest absolute Gasteiger partial charge is 0.274 e. The van der Waals surface area contributed by atoms with Crippen molar-refractivity contribution in [2.45, 2.75) is 13.5 Å². The van der Waals surface area contributed by atoms with Crippen LogP contribution < -0.4 is 20.1 Å². The molecule has 0 unspecified atom stereocenters. The Morgan fingerprint density at radius 1 is 1.10 bits per heavy atom. The second-order valence-electron chi connectivity index (χ2n) is 7.24. The summed E-state index contributed by atoms with van der Waals surface area (Å²) in [5.74, 6) is 1.21. The zero-order valence-electron chi connectivity index (χ0n) is 17.4. The molecule has 31 heavy (non-hydrogen) atoms. The fraction of sp³-hybridized carbons (Fsp3) is 0.250. The molecule has 1 aromatic heterocycles. The number of nitrogens with one attached hydrogen (secondary N) is 2. The molecule has 4 rings (SSSR count). The van der Waals surface area contributed by atoms with Gasteiger partial charge >= 0.3 is 0 Å². The predicted molar refractivity (Wildman–Crippen MR) is 119 cm³/mol. The second-order valence-corrected chi connectivity index (χ2v) is 7.24. The first-order chi connectivity index (χ1) is 15.2. The molecule has 0 aliphatic carbocycles. The van der Waals surface area contributed by atoms with E-state index in [2.05, 4.69) is 15.6 Å². The zero-order chi connectivity index (χ0) is 21.6. The van der Waals surface area contributed by atoms with E-state index in [9.17, 15) is 4.79 Å². The number of amides is 1. The van der Waals surface area contributed by atoms with Crippen molar-refractivity contribution in [3.8, 4) is 22.6 Å². The minimum absolute atomic E-state index is 0.0819. The van der Waals surface area contributed by atoms with E-state index in [1.165, 1.54) is 0 Å². The van der Waals surface area contributed by atoms with Gasteiger partial charge in [0.1, 0.15) is 18.9 Å². The molecule has 0 fully saturated rings. The predicted octanol–water partition coefficient (Wildman–Crippen LogP) is 3.16. The van der Waals surface area contributed by atoms with E-state index in [-0.39, 0.29) is 12.5 Å². The third-order valence-electron chi connectivity index (χ3n) is 5.11. The van der Waals surface area contributed by atoms with Gasteiger partial charge in [-0.25, -0.2) is 0 Å². The highest BCUT2D eigenvalue weighted by atomic mass is 16.6. The maximum atomic E-state index is 12.7. The molecule has 7 nitrogen and oxygen atoms in total. The summed E-state index contributed by atoms with van der Waals surface area (Å²) in [7, 11) is 0. The fourth-order valence-corrected chi connectivity index (χ4v) is 3.46. The maximum absolute atomic E-state index is 12.7. The van der Waals surface area contributed by atoms with Crippen LogP contribution in [-0.2, 0) is 6.54 Å². The van der Waals surface area contributed by atoms with Crippen LogP contribution >= 0.6 is 0 Å². The van der Waals surface area contributed by atoms with Gasteiger partial charge in [0.05, 0.1) is 6.61 Å². The summed E-state index contributed by atoms with van der Waals surface area (Å²) >= 11 is 0. The van der Waals surface area contributed by atoms with Crippen LogP contribution in [-0.4, -0.2) is 42.4 Å². The van der Waals surface area contributed by atoms with E-state index in [1.54, 1.807) is 12.3 Å². The third-order valence-corrected chi connectivity index (χ3v) is 5.11. The Balaban J connectivity index is 1.50. The second kappa shape index (κ2) is 9.59. The van der Waals surface area contributed by atoms with E-state index in [0.29, 0.717) is 32.0 Å². The van der Waals surface area contributed by atoms with E-state index in [0.717, 1.165) is 39.4 Å². The van der Waals surface area contributed by atoms with Crippen molar-refractivity contribution in [3.05, 3.63) is 71.5 Å². The van der Waals surface area contributed by atoms with Gasteiger partial charge in [-0.3, -0.25) is 9.78 Å². The van der Waals surface area contributed by atoms with Crippen molar-refractivity contribution in [1.29, 1.82) is 0 Å². The summed E-state index contributed by atoms with van der Waals surface area (Å²) in [4.78, 5) is 17.0. The molecule has 3 N–H and O–H groups in total. The molecule has 1 amide bonds. The van der Waals surface area contributed by atoms with Gasteiger partial charge in [0.25, 0.3) is 5.91 Å². The van der Waals surface area contributed by atoms with Gasteiger partial charge < -0.3 is 25.2 Å². The van der Waals surface area contributed by atoms with Crippen molar-refractivity contribution in [1.82, 2.24) is 10.3 Å². The van der Waals surface area contributed by atoms with Crippen LogP contribution in [0.5, 0.6) is 11.5 Å². The van der Waals surface area contributed by atoms with Crippen LogP contribution in [0.15, 0.2) is 54.7 Å². The number of fused-ring (bicyclic) bond motifs is 1. The van der Waals surface area contributed by atoms with E-state index >= 15 is 0 Å². The summed E-state index contributed by atoms with van der Waals surface area (Å²) in [6.45, 7) is 4.26. The molecule has 1 aliphatic rings. The van der Waals surface area contributed by atoms with Gasteiger partial charge in [0.15, 0.2) is 11.5 Å². The van der Waals surface area contributed by atoms with Crippen molar-refractivity contribution in [2.75, 3.05) is 31.7 Å². The standard InChI is InChI=1S/C24H25N3O4/c1-16-19(18-6-8-22-23(13-18)31-12-11-30-22)3-2-4-20(16)27-24(29)21-7-5-17(15-26-21)14-25-9-10-28/h2-8,13,15,25,28H,9-12,14H2,1H3,(H,27,29). The number of benzene rings is 2. The average molecular weight is 419 g/mol. The number of aliphatic hydroxyl groups excluding tert-OH is 1. The highest BCUT2D eigenvalue weighted by molar-refractivity contribution is 6.03. The number of nitrogens with zero attached hydrogens (tertiary/aromatic N) is 1. The molecule has 0 saturated heterocycles. The number of aromatic nitrogens is 1. The number of ether oxygens (including phenoxy) is 2. The Hall–Kier alpha value is -3.42. The fourth-order valence-electron chi connectivity index (χ4n) is 3.46. The number of hydrogen-bond donors (Lipinski definition) is 3. The zero-order valence-corrected chi connectivity index (χ0v) is 17.4. The van der Waals surface area contributed by atoms with Crippen LogP contribution in [0.3, 0.4) is 0 Å². The first-order valence-electron chi connectivity index (χ1n) is 10.2. The number of carbonyl (C=O) groups excluding carboxylic acids is 1. The quantitative estimate of drug-likeness (QED) is 0.510. The maximum Gasteiger partial charge on any atom is 0.274 e. The molecule has 3 aromatic rings. The minimum atomic E-state index is -0.266. The summed E-state index contributed by atoms with van der Waals surface area (Å²) < 4.78 is 11.3. The molecule has 0 saturated carbocycles. The Morgan fingerprint density at radius 3 is 2.71 bits per heavy atom. The van der Waals surface area contributed by atoms with E-state index in [4.69, 9.17) is 14.6 Å². The normalized spacial score (nSPS) is 12.5. The lowest BCUT2D eigenvalue weighted by atomic mass is 9.98. The SMILES string of the molecule is Cc1c(NC(=O)c2ccc(CNCCO)cn2)cccc1-c1ccc2c(c1)OCCO2. The number of hydrogen-bond acceptors (Lipinski definition) is 6. The van der Waals surface area contributed by atoms with Gasteiger partial charge in [0.2, 0.25) is 0 Å². The van der Waals surface area contributed by atoms with Crippen molar-refractivity contribution < 1.29 is 19.4 Å². The molecule has 160 valence electrons. The summed E-state index contributed by atoms with van der Waals surface area (Å²) in [6, 6.07) is 15.2. The summed E-state index contributed by atoms with van der Waals surface area (Å²) in [5.41, 5.74) is 4.98. The third kappa shape index (κ3) is 4.84. The lowest BCUT2D eigenvalue weighted by molar-refractivity contribution is 0.102. The van der Waals surface area contributed by atoms with Gasteiger partial charge in [-0.1, -0.05) is 24.3 Å². The molecule has 2 aromatic carbocycles. The van der Waals surface area contributed by atoms with E-state index < -0.39 is 0 Å². The average Bonchev–Trinajstić information content (AvgIpc) is 2.81. The number of rotatable bonds is 7. The van der Waals surface area contributed by atoms with Crippen LogP contribution in [0.25, 0.3) is 11.1 Å². The Bertz CT molecular complexity index is 1070. The number of pyridine rings is 1. The van der Waals surface area contributed by atoms with Crippen LogP contribution in [0, 0.1) is 6.92 Å². The monoisotopic (exact) mass is 419 g/mol. The highest BCUT2D eigenvalue weighted by Crippen LogP contribution is 2.36. The summed E-state index contributed by atoms with van der Waals surface area (Å²) in [5, 5.41) is 14.9. The lowest BCUT2D eigenvalue weighted by Gasteiger charge is -2.19. The first kappa shape index (κ1) is 20.8. The van der Waals surface area contributed by atoms with Crippen molar-refractivity contribution >= 4 is 11.6 Å². The van der Waals surface area contributed by atoms with Crippen molar-refractivity contribution in [3.63, 3.8) is 0 Å². The Morgan fingerprint density at radius 2 is 1.94 bits per heavy atom. The highest BCUT2D eigenvalue weighted by Gasteiger charge is 2.15. The first-order valence-corrected chi connectivity index (χ1v) is 10.2. The molecule has 2 heterocycles. The molecule has 0 atom stereocenters. The lowest BCUT2D eigenvalue weighted by Crippen LogP contribution is -2.18. The molecule has 0 spiro atoms. The number of carbonyl (C=O) groups is 1. The molecule has 0 bridgehead atoms. The minimum Gasteiger partial charge on any atom is -0.486 e. The van der Waals surface area contributed by atoms with Crippen LogP contribution in [0.2, 0.25) is 0 Å². The number of anilines is 1. The van der Waals surface area contributed by atoms with Gasteiger partial charge in [-0.15, -0.1) is 0 Å². The topological polar surface area (TPSA) is 92.7 Å².